The van der Waals surface area contributed by atoms with E-state index in [2.05, 4.69) is 56.5 Å². The van der Waals surface area contributed by atoms with Gasteiger partial charge in [-0.25, -0.2) is 15.0 Å². The molecule has 2 aromatic rings. The van der Waals surface area contributed by atoms with Crippen LogP contribution in [0, 0.1) is 13.8 Å². The van der Waals surface area contributed by atoms with Crippen LogP contribution in [0.3, 0.4) is 0 Å². The lowest BCUT2D eigenvalue weighted by molar-refractivity contribution is 0.265. The van der Waals surface area contributed by atoms with Crippen LogP contribution in [0.2, 0.25) is 0 Å². The van der Waals surface area contributed by atoms with Gasteiger partial charge in [-0.3, -0.25) is 10.2 Å². The van der Waals surface area contributed by atoms with Crippen molar-refractivity contribution in [3.05, 3.63) is 29.5 Å². The summed E-state index contributed by atoms with van der Waals surface area (Å²) < 4.78 is 0. The van der Waals surface area contributed by atoms with Crippen LogP contribution in [0.5, 0.6) is 0 Å². The molecule has 0 aliphatic carbocycles. The number of guanidine groups is 1. The van der Waals surface area contributed by atoms with E-state index in [9.17, 15) is 0 Å². The summed E-state index contributed by atoms with van der Waals surface area (Å²) in [5.41, 5.74) is 3.14. The molecule has 0 fully saturated rings. The number of rotatable bonds is 3. The van der Waals surface area contributed by atoms with E-state index in [-0.39, 0.29) is 0 Å². The molecule has 2 N–H and O–H groups in total. The van der Waals surface area contributed by atoms with Crippen molar-refractivity contribution in [2.24, 2.45) is 4.99 Å². The number of hydrogen-bond donors (Lipinski definition) is 2. The molecule has 0 spiro atoms. The van der Waals surface area contributed by atoms with Crippen molar-refractivity contribution in [3.63, 3.8) is 0 Å². The third kappa shape index (κ3) is 3.17. The van der Waals surface area contributed by atoms with Crippen LogP contribution in [0.4, 0.5) is 5.95 Å². The van der Waals surface area contributed by atoms with Crippen molar-refractivity contribution in [2.45, 2.75) is 27.2 Å². The molecule has 2 heterocycles. The summed E-state index contributed by atoms with van der Waals surface area (Å²) in [6.07, 6.45) is 1.13. The zero-order valence-electron chi connectivity index (χ0n) is 13.3. The highest BCUT2D eigenvalue weighted by molar-refractivity contribution is 5.93. The average molecular weight is 298 g/mol. The number of nitrogens with one attached hydrogen (secondary N) is 2. The minimum absolute atomic E-state index is 0.587. The lowest BCUT2D eigenvalue weighted by Gasteiger charge is -2.26. The lowest BCUT2D eigenvalue weighted by Crippen LogP contribution is -2.46. The van der Waals surface area contributed by atoms with E-state index >= 15 is 0 Å². The molecular weight excluding hydrogens is 276 g/mol. The van der Waals surface area contributed by atoms with Gasteiger partial charge in [0.25, 0.3) is 0 Å². The van der Waals surface area contributed by atoms with E-state index < -0.39 is 0 Å². The highest BCUT2D eigenvalue weighted by Crippen LogP contribution is 2.18. The molecule has 3 rings (SSSR count). The molecule has 1 aliphatic heterocycles. The fraction of sp³-hybridized carbons (Fsp3) is 0.438. The Morgan fingerprint density at radius 1 is 1.27 bits per heavy atom. The fourth-order valence-electron chi connectivity index (χ4n) is 2.57. The summed E-state index contributed by atoms with van der Waals surface area (Å²) in [7, 11) is 0. The van der Waals surface area contributed by atoms with Gasteiger partial charge >= 0.3 is 0 Å². The zero-order valence-corrected chi connectivity index (χ0v) is 13.3. The molecule has 6 nitrogen and oxygen atoms in total. The molecule has 0 unspecified atom stereocenters. The molecule has 22 heavy (non-hydrogen) atoms. The molecule has 0 atom stereocenters. The van der Waals surface area contributed by atoms with Gasteiger partial charge in [0.15, 0.2) is 0 Å². The first-order chi connectivity index (χ1) is 10.7. The molecule has 0 radical (unpaired) electrons. The SMILES string of the molecule is CCCN1CN=C(Nc2nc(C)c3cc(C)ccc3n2)NC1. The van der Waals surface area contributed by atoms with E-state index in [1.54, 1.807) is 0 Å². The second-order valence-corrected chi connectivity index (χ2v) is 5.66. The largest absolute Gasteiger partial charge is 0.343 e. The molecule has 1 aromatic carbocycles. The highest BCUT2D eigenvalue weighted by atomic mass is 15.4. The van der Waals surface area contributed by atoms with Crippen LogP contribution >= 0.6 is 0 Å². The fourth-order valence-corrected chi connectivity index (χ4v) is 2.57. The Morgan fingerprint density at radius 2 is 2.14 bits per heavy atom. The molecule has 0 bridgehead atoms. The maximum Gasteiger partial charge on any atom is 0.230 e. The summed E-state index contributed by atoms with van der Waals surface area (Å²) in [5, 5.41) is 7.54. The van der Waals surface area contributed by atoms with Gasteiger partial charge in [0, 0.05) is 11.9 Å². The van der Waals surface area contributed by atoms with Crippen LogP contribution in [-0.2, 0) is 0 Å². The van der Waals surface area contributed by atoms with Gasteiger partial charge in [-0.05, 0) is 32.4 Å². The third-order valence-electron chi connectivity index (χ3n) is 3.71. The number of aryl methyl sites for hydroxylation is 2. The predicted octanol–water partition coefficient (Wildman–Crippen LogP) is 2.24. The maximum absolute atomic E-state index is 4.57. The number of nitrogens with zero attached hydrogens (tertiary/aromatic N) is 4. The minimum atomic E-state index is 0.587. The second kappa shape index (κ2) is 6.27. The Kier molecular flexibility index (Phi) is 4.20. The summed E-state index contributed by atoms with van der Waals surface area (Å²) in [4.78, 5) is 15.8. The molecule has 0 saturated heterocycles. The monoisotopic (exact) mass is 298 g/mol. The maximum atomic E-state index is 4.57. The van der Waals surface area contributed by atoms with Crippen LogP contribution in [0.25, 0.3) is 10.9 Å². The van der Waals surface area contributed by atoms with Gasteiger partial charge in [-0.2, -0.15) is 0 Å². The summed E-state index contributed by atoms with van der Waals surface area (Å²) >= 11 is 0. The van der Waals surface area contributed by atoms with Crippen molar-refractivity contribution in [1.82, 2.24) is 20.2 Å². The first-order valence-electron chi connectivity index (χ1n) is 7.68. The number of aliphatic imine (C=N–C) groups is 1. The molecule has 1 aromatic heterocycles. The normalized spacial score (nSPS) is 15.5. The first-order valence-corrected chi connectivity index (χ1v) is 7.68. The average Bonchev–Trinajstić information content (AvgIpc) is 2.50. The number of fused-ring (bicyclic) bond motifs is 1. The summed E-state index contributed by atoms with van der Waals surface area (Å²) in [6, 6.07) is 6.22. The Morgan fingerprint density at radius 3 is 2.86 bits per heavy atom. The molecule has 116 valence electrons. The van der Waals surface area contributed by atoms with E-state index in [1.165, 1.54) is 5.56 Å². The number of benzene rings is 1. The van der Waals surface area contributed by atoms with Crippen LogP contribution in [0.1, 0.15) is 24.6 Å². The Bertz CT molecular complexity index is 709. The molecular formula is C16H22N6. The van der Waals surface area contributed by atoms with Gasteiger partial charge in [0.05, 0.1) is 24.5 Å². The van der Waals surface area contributed by atoms with E-state index in [1.807, 2.05) is 13.0 Å². The topological polar surface area (TPSA) is 65.4 Å². The highest BCUT2D eigenvalue weighted by Gasteiger charge is 2.12. The van der Waals surface area contributed by atoms with Gasteiger partial charge < -0.3 is 5.32 Å². The molecule has 1 aliphatic rings. The van der Waals surface area contributed by atoms with Gasteiger partial charge in [-0.15, -0.1) is 0 Å². The molecule has 0 saturated carbocycles. The van der Waals surface area contributed by atoms with Crippen molar-refractivity contribution >= 4 is 22.8 Å². The minimum Gasteiger partial charge on any atom is -0.343 e. The summed E-state index contributed by atoms with van der Waals surface area (Å²) in [5.74, 6) is 1.32. The zero-order chi connectivity index (χ0) is 15.5. The smallest absolute Gasteiger partial charge is 0.230 e. The number of anilines is 1. The van der Waals surface area contributed by atoms with Crippen molar-refractivity contribution in [2.75, 3.05) is 25.2 Å². The van der Waals surface area contributed by atoms with E-state index in [4.69, 9.17) is 0 Å². The second-order valence-electron chi connectivity index (χ2n) is 5.66. The van der Waals surface area contributed by atoms with Gasteiger partial charge in [0.1, 0.15) is 0 Å². The quantitative estimate of drug-likeness (QED) is 0.910. The lowest BCUT2D eigenvalue weighted by atomic mass is 10.1. The number of hydrogen-bond acceptors (Lipinski definition) is 6. The standard InChI is InChI=1S/C16H22N6/c1-4-7-22-9-17-15(18-10-22)21-16-19-12(3)13-8-11(2)5-6-14(13)20-16/h5-6,8H,4,7,9-10H2,1-3H3,(H2,17,18,19,20,21). The van der Waals surface area contributed by atoms with Crippen LogP contribution in [0.15, 0.2) is 23.2 Å². The van der Waals surface area contributed by atoms with Gasteiger partial charge in [0.2, 0.25) is 11.9 Å². The van der Waals surface area contributed by atoms with Gasteiger partial charge in [-0.1, -0.05) is 18.6 Å². The van der Waals surface area contributed by atoms with Crippen molar-refractivity contribution < 1.29 is 0 Å². The van der Waals surface area contributed by atoms with E-state index in [0.717, 1.165) is 42.2 Å². The van der Waals surface area contributed by atoms with E-state index in [0.29, 0.717) is 12.6 Å². The Balaban J connectivity index is 1.79. The molecule has 0 amide bonds. The summed E-state index contributed by atoms with van der Waals surface area (Å²) in [6.45, 7) is 8.81. The predicted molar refractivity (Wildman–Crippen MR) is 89.9 cm³/mol. The Labute approximate surface area is 130 Å². The first kappa shape index (κ1) is 14.7. The number of aromatic nitrogens is 2. The third-order valence-corrected chi connectivity index (χ3v) is 3.71. The van der Waals surface area contributed by atoms with Crippen molar-refractivity contribution in [1.29, 1.82) is 0 Å². The molecule has 6 heteroatoms. The van der Waals surface area contributed by atoms with Crippen molar-refractivity contribution in [3.8, 4) is 0 Å². The van der Waals surface area contributed by atoms with Crippen LogP contribution < -0.4 is 10.6 Å². The van der Waals surface area contributed by atoms with Crippen LogP contribution in [-0.4, -0.2) is 40.7 Å². The Hall–Kier alpha value is -2.21.